The standard InChI is InChI=1S/C10H20N3O/c1-2-3-4-5-12-10(14)13-8-6-11-7-9-13/h2-9H2,1H3,(H,12,14). The minimum absolute atomic E-state index is 0.0796. The Morgan fingerprint density at radius 2 is 2.07 bits per heavy atom. The quantitative estimate of drug-likeness (QED) is 0.667. The second-order valence-electron chi connectivity index (χ2n) is 3.60. The zero-order valence-electron chi connectivity index (χ0n) is 8.96. The zero-order chi connectivity index (χ0) is 10.2. The summed E-state index contributed by atoms with van der Waals surface area (Å²) in [5, 5.41) is 7.13. The van der Waals surface area contributed by atoms with Gasteiger partial charge in [-0.05, 0) is 6.42 Å². The molecule has 0 aliphatic carbocycles. The van der Waals surface area contributed by atoms with Crippen LogP contribution in [0, 0.1) is 0 Å². The van der Waals surface area contributed by atoms with E-state index in [0.717, 1.165) is 39.1 Å². The fraction of sp³-hybridized carbons (Fsp3) is 0.900. The van der Waals surface area contributed by atoms with Crippen LogP contribution < -0.4 is 10.6 Å². The van der Waals surface area contributed by atoms with Crippen LogP contribution in [0.15, 0.2) is 0 Å². The van der Waals surface area contributed by atoms with Gasteiger partial charge in [0.05, 0.1) is 0 Å². The lowest BCUT2D eigenvalue weighted by Gasteiger charge is -2.26. The Kier molecular flexibility index (Phi) is 5.37. The van der Waals surface area contributed by atoms with Crippen LogP contribution in [0.25, 0.3) is 0 Å². The summed E-state index contributed by atoms with van der Waals surface area (Å²) in [5.41, 5.74) is 0. The van der Waals surface area contributed by atoms with Gasteiger partial charge in [0.15, 0.2) is 0 Å². The molecule has 1 fully saturated rings. The predicted octanol–water partition coefficient (Wildman–Crippen LogP) is 0.806. The smallest absolute Gasteiger partial charge is 0.317 e. The van der Waals surface area contributed by atoms with Crippen LogP contribution in [0.3, 0.4) is 0 Å². The van der Waals surface area contributed by atoms with E-state index in [2.05, 4.69) is 17.6 Å². The van der Waals surface area contributed by atoms with Crippen LogP contribution in [0.4, 0.5) is 4.79 Å². The third kappa shape index (κ3) is 3.96. The van der Waals surface area contributed by atoms with Gasteiger partial charge < -0.3 is 10.2 Å². The molecule has 1 aliphatic heterocycles. The molecule has 1 aliphatic rings. The minimum atomic E-state index is 0.0796. The number of hydrogen-bond acceptors (Lipinski definition) is 1. The largest absolute Gasteiger partial charge is 0.338 e. The molecule has 1 heterocycles. The van der Waals surface area contributed by atoms with E-state index < -0.39 is 0 Å². The molecule has 81 valence electrons. The van der Waals surface area contributed by atoms with Crippen molar-refractivity contribution in [2.24, 2.45) is 0 Å². The highest BCUT2D eigenvalue weighted by molar-refractivity contribution is 5.74. The summed E-state index contributed by atoms with van der Waals surface area (Å²) in [6.45, 7) is 6.11. The van der Waals surface area contributed by atoms with Gasteiger partial charge >= 0.3 is 6.03 Å². The van der Waals surface area contributed by atoms with Gasteiger partial charge in [0.2, 0.25) is 0 Å². The molecule has 0 saturated carbocycles. The van der Waals surface area contributed by atoms with Crippen molar-refractivity contribution >= 4 is 6.03 Å². The van der Waals surface area contributed by atoms with Gasteiger partial charge in [0, 0.05) is 32.7 Å². The zero-order valence-corrected chi connectivity index (χ0v) is 8.96. The van der Waals surface area contributed by atoms with Crippen molar-refractivity contribution in [2.45, 2.75) is 26.2 Å². The average molecular weight is 198 g/mol. The molecule has 0 bridgehead atoms. The second-order valence-corrected chi connectivity index (χ2v) is 3.60. The molecule has 0 aromatic heterocycles. The number of nitrogens with zero attached hydrogens (tertiary/aromatic N) is 2. The maximum absolute atomic E-state index is 11.5. The third-order valence-electron chi connectivity index (χ3n) is 2.40. The van der Waals surface area contributed by atoms with Crippen molar-refractivity contribution in [3.8, 4) is 0 Å². The predicted molar refractivity (Wildman–Crippen MR) is 56.4 cm³/mol. The van der Waals surface area contributed by atoms with Crippen molar-refractivity contribution in [1.82, 2.24) is 15.5 Å². The van der Waals surface area contributed by atoms with E-state index in [1.807, 2.05) is 4.90 Å². The Bertz CT molecular complexity index is 167. The van der Waals surface area contributed by atoms with Gasteiger partial charge in [0.1, 0.15) is 0 Å². The Morgan fingerprint density at radius 1 is 1.36 bits per heavy atom. The first kappa shape index (κ1) is 11.3. The number of urea groups is 1. The Morgan fingerprint density at radius 3 is 2.71 bits per heavy atom. The Hall–Kier alpha value is -0.770. The van der Waals surface area contributed by atoms with Gasteiger partial charge in [-0.25, -0.2) is 10.1 Å². The van der Waals surface area contributed by atoms with Crippen LogP contribution in [-0.2, 0) is 0 Å². The normalized spacial score (nSPS) is 16.8. The molecule has 0 aromatic carbocycles. The van der Waals surface area contributed by atoms with Crippen LogP contribution >= 0.6 is 0 Å². The number of piperazine rings is 1. The molecular weight excluding hydrogens is 178 g/mol. The molecule has 0 unspecified atom stereocenters. The van der Waals surface area contributed by atoms with Gasteiger partial charge in [-0.2, -0.15) is 0 Å². The number of hydrogen-bond donors (Lipinski definition) is 1. The van der Waals surface area contributed by atoms with Gasteiger partial charge in [-0.3, -0.25) is 0 Å². The molecule has 4 nitrogen and oxygen atoms in total. The summed E-state index contributed by atoms with van der Waals surface area (Å²) < 4.78 is 0. The molecule has 1 radical (unpaired) electrons. The van der Waals surface area contributed by atoms with Crippen molar-refractivity contribution < 1.29 is 4.79 Å². The summed E-state index contributed by atoms with van der Waals surface area (Å²) in [5.74, 6) is 0. The maximum atomic E-state index is 11.5. The molecule has 0 spiro atoms. The number of carbonyl (C=O) groups excluding carboxylic acids is 1. The van der Waals surface area contributed by atoms with Crippen LogP contribution in [0.1, 0.15) is 26.2 Å². The minimum Gasteiger partial charge on any atom is -0.338 e. The maximum Gasteiger partial charge on any atom is 0.317 e. The van der Waals surface area contributed by atoms with Crippen LogP contribution in [-0.4, -0.2) is 43.7 Å². The first-order valence-electron chi connectivity index (χ1n) is 5.50. The third-order valence-corrected chi connectivity index (χ3v) is 2.40. The Balaban J connectivity index is 2.07. The summed E-state index contributed by atoms with van der Waals surface area (Å²) in [4.78, 5) is 13.4. The molecule has 1 rings (SSSR count). The highest BCUT2D eigenvalue weighted by Crippen LogP contribution is 1.95. The highest BCUT2D eigenvalue weighted by atomic mass is 16.2. The van der Waals surface area contributed by atoms with E-state index in [1.54, 1.807) is 0 Å². The SMILES string of the molecule is CCCCCNC(=O)N1CC[N]CC1. The number of rotatable bonds is 4. The van der Waals surface area contributed by atoms with Crippen molar-refractivity contribution in [3.05, 3.63) is 0 Å². The van der Waals surface area contributed by atoms with Gasteiger partial charge in [-0.1, -0.05) is 19.8 Å². The monoisotopic (exact) mass is 198 g/mol. The molecular formula is C10H20N3O. The van der Waals surface area contributed by atoms with E-state index in [4.69, 9.17) is 0 Å². The fourth-order valence-electron chi connectivity index (χ4n) is 1.49. The fourth-order valence-corrected chi connectivity index (χ4v) is 1.49. The van der Waals surface area contributed by atoms with E-state index >= 15 is 0 Å². The summed E-state index contributed by atoms with van der Waals surface area (Å²) >= 11 is 0. The molecule has 14 heavy (non-hydrogen) atoms. The van der Waals surface area contributed by atoms with Crippen molar-refractivity contribution in [1.29, 1.82) is 0 Å². The topological polar surface area (TPSA) is 46.4 Å². The van der Waals surface area contributed by atoms with Gasteiger partial charge in [0.25, 0.3) is 0 Å². The number of unbranched alkanes of at least 4 members (excludes halogenated alkanes) is 2. The van der Waals surface area contributed by atoms with E-state index in [0.29, 0.717) is 0 Å². The summed E-state index contributed by atoms with van der Waals surface area (Å²) in [6, 6.07) is 0.0796. The van der Waals surface area contributed by atoms with E-state index in [1.165, 1.54) is 12.8 Å². The number of amides is 2. The number of carbonyl (C=O) groups is 1. The molecule has 0 aromatic rings. The first-order chi connectivity index (χ1) is 6.84. The van der Waals surface area contributed by atoms with E-state index in [-0.39, 0.29) is 6.03 Å². The summed E-state index contributed by atoms with van der Waals surface area (Å²) in [6.07, 6.45) is 3.47. The highest BCUT2D eigenvalue weighted by Gasteiger charge is 2.15. The summed E-state index contributed by atoms with van der Waals surface area (Å²) in [7, 11) is 0. The second kappa shape index (κ2) is 6.65. The van der Waals surface area contributed by atoms with Crippen molar-refractivity contribution in [2.75, 3.05) is 32.7 Å². The number of nitrogens with one attached hydrogen (secondary N) is 1. The van der Waals surface area contributed by atoms with E-state index in [9.17, 15) is 4.79 Å². The molecule has 1 N–H and O–H groups in total. The van der Waals surface area contributed by atoms with Crippen LogP contribution in [0.5, 0.6) is 0 Å². The molecule has 0 atom stereocenters. The first-order valence-corrected chi connectivity index (χ1v) is 5.50. The molecule has 1 saturated heterocycles. The van der Waals surface area contributed by atoms with Crippen molar-refractivity contribution in [3.63, 3.8) is 0 Å². The van der Waals surface area contributed by atoms with Crippen LogP contribution in [0.2, 0.25) is 0 Å². The molecule has 4 heteroatoms. The lowest BCUT2D eigenvalue weighted by atomic mass is 10.2. The van der Waals surface area contributed by atoms with Gasteiger partial charge in [-0.15, -0.1) is 0 Å². The Labute approximate surface area is 86.0 Å². The molecule has 2 amide bonds. The lowest BCUT2D eigenvalue weighted by molar-refractivity contribution is 0.189. The lowest BCUT2D eigenvalue weighted by Crippen LogP contribution is -2.48. The average Bonchev–Trinajstić information content (AvgIpc) is 2.25.